The van der Waals surface area contributed by atoms with E-state index in [0.717, 1.165) is 19.3 Å². The Morgan fingerprint density at radius 2 is 1.54 bits per heavy atom. The lowest BCUT2D eigenvalue weighted by atomic mass is 9.54. The molecule has 3 rings (SSSR count). The van der Waals surface area contributed by atoms with Gasteiger partial charge in [-0.1, -0.05) is 6.92 Å². The summed E-state index contributed by atoms with van der Waals surface area (Å²) in [5.41, 5.74) is 0.447. The van der Waals surface area contributed by atoms with Crippen molar-refractivity contribution in [2.75, 3.05) is 7.11 Å². The van der Waals surface area contributed by atoms with Gasteiger partial charge in [-0.05, 0) is 43.9 Å². The molecule has 3 aliphatic carbocycles. The first-order chi connectivity index (χ1) is 6.10. The lowest BCUT2D eigenvalue weighted by Gasteiger charge is -2.50. The molecule has 2 heteroatoms. The molecule has 0 radical (unpaired) electrons. The minimum atomic E-state index is -0.0908. The Labute approximate surface area is 79.7 Å². The second kappa shape index (κ2) is 2.73. The molecule has 3 saturated carbocycles. The SMILES string of the molecule is COC(=O)C12CCC(C)(CC1)CC2. The smallest absolute Gasteiger partial charge is 0.311 e. The van der Waals surface area contributed by atoms with Gasteiger partial charge in [0.15, 0.2) is 0 Å². The maximum absolute atomic E-state index is 11.6. The first kappa shape index (κ1) is 9.04. The summed E-state index contributed by atoms with van der Waals surface area (Å²) in [7, 11) is 1.51. The Bertz CT molecular complexity index is 208. The average Bonchev–Trinajstić information content (AvgIpc) is 2.18. The fourth-order valence-electron chi connectivity index (χ4n) is 2.90. The molecule has 0 aliphatic heterocycles. The highest BCUT2D eigenvalue weighted by molar-refractivity contribution is 5.77. The van der Waals surface area contributed by atoms with Crippen LogP contribution in [-0.4, -0.2) is 13.1 Å². The lowest BCUT2D eigenvalue weighted by Crippen LogP contribution is -2.45. The molecule has 3 aliphatic rings. The highest BCUT2D eigenvalue weighted by Gasteiger charge is 2.50. The molecule has 0 N–H and O–H groups in total. The summed E-state index contributed by atoms with van der Waals surface area (Å²) in [6.45, 7) is 2.35. The van der Waals surface area contributed by atoms with Crippen molar-refractivity contribution < 1.29 is 9.53 Å². The van der Waals surface area contributed by atoms with Crippen LogP contribution in [0.4, 0.5) is 0 Å². The summed E-state index contributed by atoms with van der Waals surface area (Å²) >= 11 is 0. The second-order valence-corrected chi connectivity index (χ2v) is 5.08. The summed E-state index contributed by atoms with van der Waals surface area (Å²) in [6, 6.07) is 0. The van der Waals surface area contributed by atoms with Gasteiger partial charge in [0.2, 0.25) is 0 Å². The fraction of sp³-hybridized carbons (Fsp3) is 0.909. The van der Waals surface area contributed by atoms with Gasteiger partial charge in [-0.2, -0.15) is 0 Å². The summed E-state index contributed by atoms with van der Waals surface area (Å²) in [4.78, 5) is 11.6. The van der Waals surface area contributed by atoms with Crippen molar-refractivity contribution in [2.45, 2.75) is 45.4 Å². The van der Waals surface area contributed by atoms with Gasteiger partial charge in [0, 0.05) is 0 Å². The second-order valence-electron chi connectivity index (χ2n) is 5.08. The van der Waals surface area contributed by atoms with E-state index in [9.17, 15) is 4.79 Å². The molecular weight excluding hydrogens is 164 g/mol. The van der Waals surface area contributed by atoms with Crippen LogP contribution in [0.15, 0.2) is 0 Å². The number of carbonyl (C=O) groups excluding carboxylic acids is 1. The number of esters is 1. The minimum Gasteiger partial charge on any atom is -0.469 e. The molecule has 13 heavy (non-hydrogen) atoms. The van der Waals surface area contributed by atoms with Crippen LogP contribution in [0.2, 0.25) is 0 Å². The van der Waals surface area contributed by atoms with Gasteiger partial charge in [-0.3, -0.25) is 4.79 Å². The van der Waals surface area contributed by atoms with E-state index in [2.05, 4.69) is 6.92 Å². The summed E-state index contributed by atoms with van der Waals surface area (Å²) in [5, 5.41) is 0. The molecule has 74 valence electrons. The normalized spacial score (nSPS) is 43.2. The van der Waals surface area contributed by atoms with Crippen molar-refractivity contribution in [2.24, 2.45) is 10.8 Å². The molecule has 0 amide bonds. The van der Waals surface area contributed by atoms with Crippen LogP contribution in [0, 0.1) is 10.8 Å². The van der Waals surface area contributed by atoms with Gasteiger partial charge in [0.25, 0.3) is 0 Å². The average molecular weight is 182 g/mol. The van der Waals surface area contributed by atoms with Crippen molar-refractivity contribution in [1.29, 1.82) is 0 Å². The number of rotatable bonds is 1. The minimum absolute atomic E-state index is 0.0363. The third-order valence-electron chi connectivity index (χ3n) is 4.24. The quantitative estimate of drug-likeness (QED) is 0.582. The summed E-state index contributed by atoms with van der Waals surface area (Å²) in [6.07, 6.45) is 6.79. The molecule has 0 spiro atoms. The number of fused-ring (bicyclic) bond motifs is 3. The zero-order chi connectivity index (χ0) is 9.53. The molecular formula is C11H18O2. The molecule has 0 atom stereocenters. The Morgan fingerprint density at radius 1 is 1.08 bits per heavy atom. The Balaban J connectivity index is 2.15. The maximum Gasteiger partial charge on any atom is 0.311 e. The number of methoxy groups -OCH3 is 1. The van der Waals surface area contributed by atoms with Crippen LogP contribution in [0.5, 0.6) is 0 Å². The molecule has 0 saturated heterocycles. The standard InChI is InChI=1S/C11H18O2/c1-10-3-6-11(7-4-10,8-5-10)9(12)13-2/h3-8H2,1-2H3. The predicted molar refractivity (Wildman–Crippen MR) is 50.3 cm³/mol. The van der Waals surface area contributed by atoms with Gasteiger partial charge in [-0.15, -0.1) is 0 Å². The van der Waals surface area contributed by atoms with Crippen LogP contribution in [0.25, 0.3) is 0 Å². The van der Waals surface area contributed by atoms with Crippen LogP contribution >= 0.6 is 0 Å². The fourth-order valence-corrected chi connectivity index (χ4v) is 2.90. The van der Waals surface area contributed by atoms with E-state index in [4.69, 9.17) is 4.74 Å². The van der Waals surface area contributed by atoms with Crippen LogP contribution in [0.1, 0.15) is 45.4 Å². The van der Waals surface area contributed by atoms with Gasteiger partial charge in [0.05, 0.1) is 12.5 Å². The van der Waals surface area contributed by atoms with Crippen LogP contribution < -0.4 is 0 Å². The Hall–Kier alpha value is -0.530. The molecule has 0 aromatic heterocycles. The molecule has 0 heterocycles. The molecule has 0 unspecified atom stereocenters. The lowest BCUT2D eigenvalue weighted by molar-refractivity contribution is -0.162. The number of hydrogen-bond acceptors (Lipinski definition) is 2. The maximum atomic E-state index is 11.6. The first-order valence-corrected chi connectivity index (χ1v) is 5.19. The number of carbonyl (C=O) groups is 1. The van der Waals surface area contributed by atoms with E-state index in [1.165, 1.54) is 26.4 Å². The Morgan fingerprint density at radius 3 is 1.92 bits per heavy atom. The monoisotopic (exact) mass is 182 g/mol. The zero-order valence-corrected chi connectivity index (χ0v) is 8.56. The predicted octanol–water partition coefficient (Wildman–Crippen LogP) is 2.52. The van der Waals surface area contributed by atoms with Crippen LogP contribution in [0.3, 0.4) is 0 Å². The highest BCUT2D eigenvalue weighted by atomic mass is 16.5. The van der Waals surface area contributed by atoms with E-state index < -0.39 is 0 Å². The number of hydrogen-bond donors (Lipinski definition) is 0. The van der Waals surface area contributed by atoms with Crippen molar-refractivity contribution in [3.05, 3.63) is 0 Å². The van der Waals surface area contributed by atoms with Gasteiger partial charge in [-0.25, -0.2) is 0 Å². The topological polar surface area (TPSA) is 26.3 Å². The van der Waals surface area contributed by atoms with Gasteiger partial charge >= 0.3 is 5.97 Å². The van der Waals surface area contributed by atoms with Crippen molar-refractivity contribution in [1.82, 2.24) is 0 Å². The number of ether oxygens (including phenoxy) is 1. The summed E-state index contributed by atoms with van der Waals surface area (Å²) < 4.78 is 4.90. The molecule has 3 fully saturated rings. The van der Waals surface area contributed by atoms with Crippen molar-refractivity contribution >= 4 is 5.97 Å². The van der Waals surface area contributed by atoms with E-state index in [0.29, 0.717) is 5.41 Å². The first-order valence-electron chi connectivity index (χ1n) is 5.19. The zero-order valence-electron chi connectivity index (χ0n) is 8.56. The third-order valence-corrected chi connectivity index (χ3v) is 4.24. The van der Waals surface area contributed by atoms with E-state index in [1.54, 1.807) is 0 Å². The van der Waals surface area contributed by atoms with Gasteiger partial charge < -0.3 is 4.74 Å². The Kier molecular flexibility index (Phi) is 1.90. The van der Waals surface area contributed by atoms with Crippen molar-refractivity contribution in [3.63, 3.8) is 0 Å². The third kappa shape index (κ3) is 1.27. The van der Waals surface area contributed by atoms with Crippen LogP contribution in [-0.2, 0) is 9.53 Å². The van der Waals surface area contributed by atoms with E-state index >= 15 is 0 Å². The van der Waals surface area contributed by atoms with E-state index in [1.807, 2.05) is 0 Å². The molecule has 0 aromatic rings. The molecule has 2 nitrogen and oxygen atoms in total. The largest absolute Gasteiger partial charge is 0.469 e. The van der Waals surface area contributed by atoms with Crippen molar-refractivity contribution in [3.8, 4) is 0 Å². The summed E-state index contributed by atoms with van der Waals surface area (Å²) in [5.74, 6) is 0.0363. The van der Waals surface area contributed by atoms with Gasteiger partial charge in [0.1, 0.15) is 0 Å². The molecule has 2 bridgehead atoms. The molecule has 0 aromatic carbocycles. The highest BCUT2D eigenvalue weighted by Crippen LogP contribution is 2.56. The van der Waals surface area contributed by atoms with E-state index in [-0.39, 0.29) is 11.4 Å².